The van der Waals surface area contributed by atoms with Crippen LogP contribution in [0.5, 0.6) is 0 Å². The first-order chi connectivity index (χ1) is 19.3. The fourth-order valence-corrected chi connectivity index (χ4v) is 9.89. The molecule has 40 heavy (non-hydrogen) atoms. The van der Waals surface area contributed by atoms with Gasteiger partial charge in [0.1, 0.15) is 5.82 Å². The number of nitrogens with zero attached hydrogens (tertiary/aromatic N) is 3. The van der Waals surface area contributed by atoms with Crippen LogP contribution in [0.25, 0.3) is 0 Å². The van der Waals surface area contributed by atoms with E-state index in [2.05, 4.69) is 52.4 Å². The minimum atomic E-state index is -3.15. The number of rotatable bonds is 6. The second-order valence-electron chi connectivity index (χ2n) is 10.9. The van der Waals surface area contributed by atoms with E-state index in [0.717, 1.165) is 43.7 Å². The number of hydrogen-bond donors (Lipinski definition) is 0. The van der Waals surface area contributed by atoms with Gasteiger partial charge < -0.3 is 9.80 Å². The zero-order valence-corrected chi connectivity index (χ0v) is 23.8. The monoisotopic (exact) mass is 577 g/mol. The molecule has 0 spiro atoms. The SMILES string of the molecule is O=C(Cc1ccc(F)cc1)N=C1S[C@@H]2CS(=O)(=O)C[C@@H]2N1c1ccc(N2CCC(Cc3ccccc3)CC2)cc1. The molecule has 3 saturated heterocycles. The van der Waals surface area contributed by atoms with Crippen LogP contribution >= 0.6 is 11.8 Å². The molecular weight excluding hydrogens is 545 g/mol. The number of carbonyl (C=O) groups excluding carboxylic acids is 1. The minimum absolute atomic E-state index is 0.0481. The molecule has 6 rings (SSSR count). The van der Waals surface area contributed by atoms with Crippen molar-refractivity contribution in [2.45, 2.75) is 37.0 Å². The van der Waals surface area contributed by atoms with Gasteiger partial charge >= 0.3 is 0 Å². The predicted molar refractivity (Wildman–Crippen MR) is 160 cm³/mol. The van der Waals surface area contributed by atoms with Crippen molar-refractivity contribution in [3.05, 3.63) is 95.8 Å². The van der Waals surface area contributed by atoms with Gasteiger partial charge in [0.05, 0.1) is 24.0 Å². The fourth-order valence-electron chi connectivity index (χ4n) is 5.96. The number of benzene rings is 3. The highest BCUT2D eigenvalue weighted by Gasteiger charge is 2.49. The third-order valence-electron chi connectivity index (χ3n) is 8.03. The molecule has 3 heterocycles. The molecule has 208 valence electrons. The molecule has 3 fully saturated rings. The molecule has 3 aromatic rings. The summed E-state index contributed by atoms with van der Waals surface area (Å²) in [6.07, 6.45) is 3.47. The van der Waals surface area contributed by atoms with E-state index in [1.165, 1.54) is 29.5 Å². The second kappa shape index (κ2) is 11.4. The number of amidine groups is 1. The van der Waals surface area contributed by atoms with Gasteiger partial charge in [0, 0.05) is 29.7 Å². The van der Waals surface area contributed by atoms with Gasteiger partial charge in [-0.15, -0.1) is 0 Å². The summed E-state index contributed by atoms with van der Waals surface area (Å²) in [5.41, 5.74) is 4.07. The zero-order chi connectivity index (χ0) is 27.7. The van der Waals surface area contributed by atoms with Gasteiger partial charge in [0.2, 0.25) is 0 Å². The second-order valence-corrected chi connectivity index (χ2v) is 14.3. The predicted octanol–water partition coefficient (Wildman–Crippen LogP) is 5.13. The van der Waals surface area contributed by atoms with Gasteiger partial charge in [-0.3, -0.25) is 4.79 Å². The van der Waals surface area contributed by atoms with Crippen molar-refractivity contribution in [1.29, 1.82) is 0 Å². The maximum Gasteiger partial charge on any atom is 0.252 e. The van der Waals surface area contributed by atoms with Gasteiger partial charge in [0.15, 0.2) is 15.0 Å². The van der Waals surface area contributed by atoms with E-state index >= 15 is 0 Å². The number of aliphatic imine (C=N–C) groups is 1. The summed E-state index contributed by atoms with van der Waals surface area (Å²) < 4.78 is 38.1. The summed E-state index contributed by atoms with van der Waals surface area (Å²) in [6, 6.07) is 24.4. The lowest BCUT2D eigenvalue weighted by atomic mass is 9.90. The van der Waals surface area contributed by atoms with E-state index in [-0.39, 0.29) is 40.9 Å². The van der Waals surface area contributed by atoms with Crippen LogP contribution in [0.2, 0.25) is 0 Å². The van der Waals surface area contributed by atoms with Gasteiger partial charge in [-0.1, -0.05) is 54.2 Å². The highest BCUT2D eigenvalue weighted by molar-refractivity contribution is 8.16. The largest absolute Gasteiger partial charge is 0.372 e. The Kier molecular flexibility index (Phi) is 7.68. The first-order valence-electron chi connectivity index (χ1n) is 13.7. The molecule has 6 nitrogen and oxygen atoms in total. The van der Waals surface area contributed by atoms with E-state index in [4.69, 9.17) is 0 Å². The summed E-state index contributed by atoms with van der Waals surface area (Å²) in [6.45, 7) is 2.01. The number of thioether (sulfide) groups is 1. The Morgan fingerprint density at radius 3 is 2.25 bits per heavy atom. The van der Waals surface area contributed by atoms with Crippen LogP contribution in [0.1, 0.15) is 24.0 Å². The summed E-state index contributed by atoms with van der Waals surface area (Å²) in [7, 11) is -3.15. The van der Waals surface area contributed by atoms with Crippen molar-refractivity contribution in [3.63, 3.8) is 0 Å². The quantitative estimate of drug-likeness (QED) is 0.405. The van der Waals surface area contributed by atoms with Gasteiger partial charge in [-0.25, -0.2) is 12.8 Å². The Balaban J connectivity index is 1.16. The maximum absolute atomic E-state index is 13.3. The third-order valence-corrected chi connectivity index (χ3v) is 11.2. The molecule has 0 aromatic heterocycles. The van der Waals surface area contributed by atoms with Gasteiger partial charge in [0.25, 0.3) is 5.91 Å². The molecule has 2 atom stereocenters. The van der Waals surface area contributed by atoms with E-state index in [1.54, 1.807) is 12.1 Å². The van der Waals surface area contributed by atoms with Crippen molar-refractivity contribution < 1.29 is 17.6 Å². The minimum Gasteiger partial charge on any atom is -0.372 e. The number of anilines is 2. The van der Waals surface area contributed by atoms with E-state index in [1.807, 2.05) is 17.0 Å². The maximum atomic E-state index is 13.3. The molecule has 0 unspecified atom stereocenters. The number of carbonyl (C=O) groups is 1. The highest BCUT2D eigenvalue weighted by atomic mass is 32.2. The lowest BCUT2D eigenvalue weighted by molar-refractivity contribution is -0.117. The molecule has 0 aliphatic carbocycles. The Hall–Kier alpha value is -3.17. The molecule has 9 heteroatoms. The Bertz CT molecular complexity index is 1490. The van der Waals surface area contributed by atoms with Crippen LogP contribution in [0, 0.1) is 11.7 Å². The highest BCUT2D eigenvalue weighted by Crippen LogP contribution is 2.41. The number of fused-ring (bicyclic) bond motifs is 1. The average Bonchev–Trinajstić information content (AvgIpc) is 3.41. The average molecular weight is 578 g/mol. The van der Waals surface area contributed by atoms with Crippen molar-refractivity contribution in [2.75, 3.05) is 34.4 Å². The summed E-state index contributed by atoms with van der Waals surface area (Å²) in [5.74, 6) is 0.130. The summed E-state index contributed by atoms with van der Waals surface area (Å²) >= 11 is 1.37. The molecule has 3 aliphatic rings. The smallest absolute Gasteiger partial charge is 0.252 e. The van der Waals surface area contributed by atoms with Crippen LogP contribution in [0.4, 0.5) is 15.8 Å². The van der Waals surface area contributed by atoms with Crippen molar-refractivity contribution >= 4 is 44.0 Å². The van der Waals surface area contributed by atoms with Crippen LogP contribution < -0.4 is 9.80 Å². The van der Waals surface area contributed by atoms with E-state index in [0.29, 0.717) is 16.6 Å². The molecular formula is C31H32FN3O3S2. The summed E-state index contributed by atoms with van der Waals surface area (Å²) in [5, 5.41) is 0.372. The first-order valence-corrected chi connectivity index (χ1v) is 16.4. The Morgan fingerprint density at radius 2 is 1.55 bits per heavy atom. The topological polar surface area (TPSA) is 70.0 Å². The zero-order valence-electron chi connectivity index (χ0n) is 22.2. The van der Waals surface area contributed by atoms with Crippen LogP contribution in [-0.2, 0) is 27.5 Å². The van der Waals surface area contributed by atoms with Gasteiger partial charge in [-0.05, 0) is 72.7 Å². The summed E-state index contributed by atoms with van der Waals surface area (Å²) in [4.78, 5) is 21.6. The van der Waals surface area contributed by atoms with Gasteiger partial charge in [-0.2, -0.15) is 4.99 Å². The molecule has 0 saturated carbocycles. The van der Waals surface area contributed by atoms with Crippen LogP contribution in [-0.4, -0.2) is 55.4 Å². The Labute approximate surface area is 239 Å². The molecule has 0 bridgehead atoms. The van der Waals surface area contributed by atoms with E-state index in [9.17, 15) is 17.6 Å². The van der Waals surface area contributed by atoms with Crippen molar-refractivity contribution in [2.24, 2.45) is 10.9 Å². The number of piperidine rings is 1. The molecule has 3 aromatic carbocycles. The normalized spacial score (nSPS) is 23.5. The van der Waals surface area contributed by atoms with Crippen LogP contribution in [0.15, 0.2) is 83.9 Å². The third kappa shape index (κ3) is 6.10. The van der Waals surface area contributed by atoms with Crippen LogP contribution in [0.3, 0.4) is 0 Å². The number of hydrogen-bond acceptors (Lipinski definition) is 5. The lowest BCUT2D eigenvalue weighted by Crippen LogP contribution is -2.38. The number of amides is 1. The Morgan fingerprint density at radius 1 is 0.875 bits per heavy atom. The fraction of sp³-hybridized carbons (Fsp3) is 0.355. The standard InChI is InChI=1S/C31H32FN3O3S2/c32-25-8-6-23(7-9-25)19-30(36)33-31-35(28-20-40(37,38)21-29(28)39-31)27-12-10-26(11-13-27)34-16-14-24(15-17-34)18-22-4-2-1-3-5-22/h1-13,24,28-29H,14-21H2/t28-,29+/m0/s1. The molecule has 3 aliphatic heterocycles. The lowest BCUT2D eigenvalue weighted by Gasteiger charge is -2.34. The molecule has 1 amide bonds. The number of sulfone groups is 1. The molecule has 0 N–H and O–H groups in total. The van der Waals surface area contributed by atoms with Crippen molar-refractivity contribution in [3.8, 4) is 0 Å². The van der Waals surface area contributed by atoms with E-state index < -0.39 is 9.84 Å². The molecule has 0 radical (unpaired) electrons. The number of halogens is 1. The first kappa shape index (κ1) is 27.0. The van der Waals surface area contributed by atoms with Crippen molar-refractivity contribution in [1.82, 2.24) is 0 Å².